The second-order valence-corrected chi connectivity index (χ2v) is 5.58. The zero-order valence-electron chi connectivity index (χ0n) is 9.74. The summed E-state index contributed by atoms with van der Waals surface area (Å²) in [7, 11) is 0. The monoisotopic (exact) mass is 318 g/mol. The molecule has 0 aromatic carbocycles. The summed E-state index contributed by atoms with van der Waals surface area (Å²) in [6, 6.07) is 4.13. The fraction of sp³-hybridized carbons (Fsp3) is 0.600. The van der Waals surface area contributed by atoms with Gasteiger partial charge < -0.3 is 9.80 Å². The molecule has 0 aromatic heterocycles. The first-order chi connectivity index (χ1) is 8.52. The van der Waals surface area contributed by atoms with Crippen molar-refractivity contribution in [3.05, 3.63) is 0 Å². The van der Waals surface area contributed by atoms with E-state index < -0.39 is 0 Å². The van der Waals surface area contributed by atoms with E-state index in [0.29, 0.717) is 47.7 Å². The van der Waals surface area contributed by atoms with Crippen molar-refractivity contribution in [2.75, 3.05) is 26.2 Å². The van der Waals surface area contributed by atoms with Crippen LogP contribution in [0.15, 0.2) is 0 Å². The van der Waals surface area contributed by atoms with Crippen LogP contribution in [-0.2, 0) is 0 Å². The zero-order chi connectivity index (χ0) is 14.0. The maximum atomic E-state index is 8.55. The second-order valence-electron chi connectivity index (χ2n) is 3.36. The molecule has 98 valence electrons. The standard InChI is InChI=1S/C10H14N4S4/c11-3-1-5-13(9(15)16)7-8-14(10(17)18)6-2-4-12/h1-2,5-8H2,(H,15,16)(H,17,18). The van der Waals surface area contributed by atoms with E-state index in [1.807, 2.05) is 9.80 Å². The lowest BCUT2D eigenvalue weighted by Crippen LogP contribution is -2.38. The molecule has 0 heterocycles. The molecule has 8 heteroatoms. The first-order valence-corrected chi connectivity index (χ1v) is 6.93. The Labute approximate surface area is 129 Å². The minimum Gasteiger partial charge on any atom is -0.355 e. The number of hydrogen-bond acceptors (Lipinski definition) is 4. The van der Waals surface area contributed by atoms with Crippen LogP contribution in [0, 0.1) is 22.7 Å². The first kappa shape index (κ1) is 17.5. The highest BCUT2D eigenvalue weighted by Crippen LogP contribution is 2.03. The van der Waals surface area contributed by atoms with Gasteiger partial charge in [-0.15, -0.1) is 25.3 Å². The van der Waals surface area contributed by atoms with Gasteiger partial charge in [0.25, 0.3) is 0 Å². The average Bonchev–Trinajstić information content (AvgIpc) is 2.31. The third-order valence-electron chi connectivity index (χ3n) is 2.17. The SMILES string of the molecule is N#CCCN(CCN(CCC#N)C(=S)S)C(=S)S. The molecule has 18 heavy (non-hydrogen) atoms. The Morgan fingerprint density at radius 3 is 1.39 bits per heavy atom. The van der Waals surface area contributed by atoms with E-state index in [4.69, 9.17) is 35.0 Å². The van der Waals surface area contributed by atoms with Crippen molar-refractivity contribution in [2.24, 2.45) is 0 Å². The van der Waals surface area contributed by atoms with Crippen molar-refractivity contribution in [1.29, 1.82) is 10.5 Å². The Kier molecular flexibility index (Phi) is 10.1. The molecular formula is C10H14N4S4. The molecule has 0 saturated heterocycles. The van der Waals surface area contributed by atoms with Gasteiger partial charge in [-0.2, -0.15) is 10.5 Å². The Bertz CT molecular complexity index is 335. The summed E-state index contributed by atoms with van der Waals surface area (Å²) in [5.74, 6) is 0. The molecule has 0 aromatic rings. The molecule has 0 spiro atoms. The molecule has 0 bridgehead atoms. The van der Waals surface area contributed by atoms with Gasteiger partial charge in [-0.25, -0.2) is 0 Å². The maximum Gasteiger partial charge on any atom is 0.133 e. The Balaban J connectivity index is 4.29. The van der Waals surface area contributed by atoms with Crippen LogP contribution in [0.5, 0.6) is 0 Å². The minimum absolute atomic E-state index is 0.393. The van der Waals surface area contributed by atoms with Gasteiger partial charge in [-0.05, 0) is 0 Å². The largest absolute Gasteiger partial charge is 0.355 e. The van der Waals surface area contributed by atoms with Gasteiger partial charge in [0.15, 0.2) is 0 Å². The number of thiocarbonyl (C=S) groups is 2. The molecular weight excluding hydrogens is 304 g/mol. The number of hydrogen-bond donors (Lipinski definition) is 2. The molecule has 0 radical (unpaired) electrons. The smallest absolute Gasteiger partial charge is 0.133 e. The van der Waals surface area contributed by atoms with Crippen LogP contribution in [0.25, 0.3) is 0 Å². The Hall–Kier alpha value is -0.540. The van der Waals surface area contributed by atoms with Crippen LogP contribution < -0.4 is 0 Å². The summed E-state index contributed by atoms with van der Waals surface area (Å²) in [5, 5.41) is 17.1. The van der Waals surface area contributed by atoms with Crippen LogP contribution in [-0.4, -0.2) is 44.6 Å². The quantitative estimate of drug-likeness (QED) is 0.552. The van der Waals surface area contributed by atoms with Gasteiger partial charge in [-0.1, -0.05) is 24.4 Å². The lowest BCUT2D eigenvalue weighted by atomic mass is 10.4. The summed E-state index contributed by atoms with van der Waals surface area (Å²) >= 11 is 18.2. The van der Waals surface area contributed by atoms with Crippen LogP contribution >= 0.6 is 49.7 Å². The average molecular weight is 319 g/mol. The van der Waals surface area contributed by atoms with Gasteiger partial charge in [0.05, 0.1) is 25.0 Å². The van der Waals surface area contributed by atoms with Crippen LogP contribution in [0.3, 0.4) is 0 Å². The highest BCUT2D eigenvalue weighted by Gasteiger charge is 2.10. The van der Waals surface area contributed by atoms with Gasteiger partial charge >= 0.3 is 0 Å². The molecule has 0 unspecified atom stereocenters. The Morgan fingerprint density at radius 1 is 0.833 bits per heavy atom. The predicted molar refractivity (Wildman–Crippen MR) is 86.8 cm³/mol. The van der Waals surface area contributed by atoms with E-state index in [9.17, 15) is 0 Å². The van der Waals surface area contributed by atoms with Gasteiger partial charge in [0, 0.05) is 26.2 Å². The molecule has 0 N–H and O–H groups in total. The highest BCUT2D eigenvalue weighted by molar-refractivity contribution is 8.11. The molecule has 0 aliphatic heterocycles. The fourth-order valence-corrected chi connectivity index (χ4v) is 1.98. The zero-order valence-corrected chi connectivity index (χ0v) is 13.2. The van der Waals surface area contributed by atoms with Crippen LogP contribution in [0.4, 0.5) is 0 Å². The maximum absolute atomic E-state index is 8.55. The summed E-state index contributed by atoms with van der Waals surface area (Å²) in [4.78, 5) is 3.65. The molecule has 0 aliphatic carbocycles. The first-order valence-electron chi connectivity index (χ1n) is 5.22. The minimum atomic E-state index is 0.393. The predicted octanol–water partition coefficient (Wildman–Crippen LogP) is 1.85. The van der Waals surface area contributed by atoms with Crippen LogP contribution in [0.1, 0.15) is 12.8 Å². The number of nitriles is 2. The third kappa shape index (κ3) is 7.72. The van der Waals surface area contributed by atoms with Gasteiger partial charge in [0.1, 0.15) is 8.64 Å². The van der Waals surface area contributed by atoms with E-state index in [1.165, 1.54) is 0 Å². The van der Waals surface area contributed by atoms with Gasteiger partial charge in [-0.3, -0.25) is 0 Å². The molecule has 0 aliphatic rings. The third-order valence-corrected chi connectivity index (χ3v) is 3.25. The lowest BCUT2D eigenvalue weighted by molar-refractivity contribution is 0.358. The molecule has 0 amide bonds. The van der Waals surface area contributed by atoms with E-state index in [0.717, 1.165) is 0 Å². The van der Waals surface area contributed by atoms with E-state index in [-0.39, 0.29) is 0 Å². The molecule has 0 saturated carbocycles. The number of thiol groups is 2. The highest BCUT2D eigenvalue weighted by atomic mass is 32.1. The van der Waals surface area contributed by atoms with E-state index in [2.05, 4.69) is 37.4 Å². The second kappa shape index (κ2) is 10.4. The fourth-order valence-electron chi connectivity index (χ4n) is 1.22. The van der Waals surface area contributed by atoms with Gasteiger partial charge in [0.2, 0.25) is 0 Å². The summed E-state index contributed by atoms with van der Waals surface area (Å²) < 4.78 is 0.908. The molecule has 0 atom stereocenters. The molecule has 0 fully saturated rings. The van der Waals surface area contributed by atoms with Crippen molar-refractivity contribution in [1.82, 2.24) is 9.80 Å². The number of nitrogens with zero attached hydrogens (tertiary/aromatic N) is 4. The van der Waals surface area contributed by atoms with E-state index in [1.54, 1.807) is 0 Å². The van der Waals surface area contributed by atoms with Crippen molar-refractivity contribution in [2.45, 2.75) is 12.8 Å². The normalized spacial score (nSPS) is 9.11. The van der Waals surface area contributed by atoms with Crippen molar-refractivity contribution in [3.8, 4) is 12.1 Å². The molecule has 4 nitrogen and oxygen atoms in total. The van der Waals surface area contributed by atoms with Crippen molar-refractivity contribution in [3.63, 3.8) is 0 Å². The Morgan fingerprint density at radius 2 is 1.17 bits per heavy atom. The summed E-state index contributed by atoms with van der Waals surface area (Å²) in [5.41, 5.74) is 0. The summed E-state index contributed by atoms with van der Waals surface area (Å²) in [6.45, 7) is 2.31. The summed E-state index contributed by atoms with van der Waals surface area (Å²) in [6.07, 6.45) is 0.786. The van der Waals surface area contributed by atoms with Crippen molar-refractivity contribution < 1.29 is 0 Å². The topological polar surface area (TPSA) is 54.1 Å². The van der Waals surface area contributed by atoms with Crippen LogP contribution in [0.2, 0.25) is 0 Å². The molecule has 0 rings (SSSR count). The van der Waals surface area contributed by atoms with Crippen molar-refractivity contribution >= 4 is 58.3 Å². The lowest BCUT2D eigenvalue weighted by Gasteiger charge is -2.27. The number of rotatable bonds is 7. The van der Waals surface area contributed by atoms with E-state index >= 15 is 0 Å².